The molecule has 116 valence electrons. The molecule has 0 saturated carbocycles. The number of hydrogen-bond acceptors (Lipinski definition) is 6. The maximum Gasteiger partial charge on any atom is 0.347 e. The van der Waals surface area contributed by atoms with Gasteiger partial charge in [0.05, 0.1) is 18.2 Å². The van der Waals surface area contributed by atoms with Crippen LogP contribution in [0.25, 0.3) is 23.1 Å². The van der Waals surface area contributed by atoms with Gasteiger partial charge in [-0.3, -0.25) is 0 Å². The van der Waals surface area contributed by atoms with Crippen LogP contribution in [0.1, 0.15) is 11.5 Å². The highest BCUT2D eigenvalue weighted by Crippen LogP contribution is 2.27. The Hall–Kier alpha value is -3.28. The summed E-state index contributed by atoms with van der Waals surface area (Å²) in [6.07, 6.45) is 3.20. The van der Waals surface area contributed by atoms with E-state index in [2.05, 4.69) is 4.98 Å². The SMILES string of the molecule is COc1ccc(/C=C/c2nc3c(N)cccc3c(=O)o2)cc1O. The van der Waals surface area contributed by atoms with Crippen LogP contribution in [0.3, 0.4) is 0 Å². The van der Waals surface area contributed by atoms with Gasteiger partial charge < -0.3 is 20.0 Å². The van der Waals surface area contributed by atoms with Crippen LogP contribution >= 0.6 is 0 Å². The third-order valence-corrected chi connectivity index (χ3v) is 3.33. The maximum atomic E-state index is 11.9. The normalized spacial score (nSPS) is 11.2. The van der Waals surface area contributed by atoms with Gasteiger partial charge in [0.15, 0.2) is 11.5 Å². The third kappa shape index (κ3) is 2.87. The monoisotopic (exact) mass is 310 g/mol. The molecule has 0 bridgehead atoms. The highest BCUT2D eigenvalue weighted by molar-refractivity contribution is 5.88. The zero-order chi connectivity index (χ0) is 16.4. The zero-order valence-corrected chi connectivity index (χ0v) is 12.3. The van der Waals surface area contributed by atoms with Crippen molar-refractivity contribution in [2.24, 2.45) is 0 Å². The summed E-state index contributed by atoms with van der Waals surface area (Å²) in [7, 11) is 1.47. The van der Waals surface area contributed by atoms with Crippen LogP contribution in [0.15, 0.2) is 45.6 Å². The highest BCUT2D eigenvalue weighted by atomic mass is 16.5. The molecule has 6 heteroatoms. The molecule has 0 aliphatic rings. The smallest absolute Gasteiger partial charge is 0.347 e. The van der Waals surface area contributed by atoms with Gasteiger partial charge in [-0.05, 0) is 35.9 Å². The van der Waals surface area contributed by atoms with Crippen molar-refractivity contribution in [3.8, 4) is 11.5 Å². The predicted molar refractivity (Wildman–Crippen MR) is 88.3 cm³/mol. The number of fused-ring (bicyclic) bond motifs is 1. The lowest BCUT2D eigenvalue weighted by molar-refractivity contribution is 0.373. The largest absolute Gasteiger partial charge is 0.504 e. The van der Waals surface area contributed by atoms with E-state index in [-0.39, 0.29) is 11.6 Å². The predicted octanol–water partition coefficient (Wildman–Crippen LogP) is 2.65. The van der Waals surface area contributed by atoms with Gasteiger partial charge in [-0.15, -0.1) is 0 Å². The summed E-state index contributed by atoms with van der Waals surface area (Å²) in [6.45, 7) is 0. The molecule has 6 nitrogen and oxygen atoms in total. The Kier molecular flexibility index (Phi) is 3.72. The van der Waals surface area contributed by atoms with E-state index in [1.807, 2.05) is 0 Å². The van der Waals surface area contributed by atoms with Gasteiger partial charge in [0.25, 0.3) is 0 Å². The molecule has 1 heterocycles. The van der Waals surface area contributed by atoms with Crippen molar-refractivity contribution < 1.29 is 14.3 Å². The molecule has 0 amide bonds. The van der Waals surface area contributed by atoms with Crippen molar-refractivity contribution in [1.82, 2.24) is 4.98 Å². The number of rotatable bonds is 3. The number of nitrogen functional groups attached to an aromatic ring is 1. The first kappa shape index (κ1) is 14.6. The summed E-state index contributed by atoms with van der Waals surface area (Å²) in [5.41, 5.74) is 6.85. The summed E-state index contributed by atoms with van der Waals surface area (Å²) >= 11 is 0. The average Bonchev–Trinajstić information content (AvgIpc) is 2.54. The van der Waals surface area contributed by atoms with E-state index < -0.39 is 5.63 Å². The van der Waals surface area contributed by atoms with Crippen molar-refractivity contribution in [2.45, 2.75) is 0 Å². The molecule has 0 aliphatic carbocycles. The van der Waals surface area contributed by atoms with Crippen LogP contribution in [-0.2, 0) is 0 Å². The van der Waals surface area contributed by atoms with E-state index in [0.717, 1.165) is 0 Å². The van der Waals surface area contributed by atoms with Crippen molar-refractivity contribution in [2.75, 3.05) is 12.8 Å². The number of para-hydroxylation sites is 1. The first-order chi connectivity index (χ1) is 11.1. The highest BCUT2D eigenvalue weighted by Gasteiger charge is 2.07. The van der Waals surface area contributed by atoms with Gasteiger partial charge in [0.2, 0.25) is 5.89 Å². The summed E-state index contributed by atoms with van der Waals surface area (Å²) in [6, 6.07) is 9.87. The molecule has 23 heavy (non-hydrogen) atoms. The number of methoxy groups -OCH3 is 1. The average molecular weight is 310 g/mol. The number of nitrogens with zero attached hydrogens (tertiary/aromatic N) is 1. The molecular formula is C17H14N2O4. The molecule has 0 spiro atoms. The van der Waals surface area contributed by atoms with Gasteiger partial charge in [0, 0.05) is 6.08 Å². The Bertz CT molecular complexity index is 960. The lowest BCUT2D eigenvalue weighted by Crippen LogP contribution is -2.04. The lowest BCUT2D eigenvalue weighted by atomic mass is 10.2. The van der Waals surface area contributed by atoms with Crippen LogP contribution in [0.5, 0.6) is 11.5 Å². The van der Waals surface area contributed by atoms with Crippen LogP contribution in [0.2, 0.25) is 0 Å². The molecule has 1 aromatic heterocycles. The molecule has 0 unspecified atom stereocenters. The Labute approximate surface area is 131 Å². The fourth-order valence-corrected chi connectivity index (χ4v) is 2.18. The number of ether oxygens (including phenoxy) is 1. The first-order valence-corrected chi connectivity index (χ1v) is 6.83. The second-order valence-corrected chi connectivity index (χ2v) is 4.85. The van der Waals surface area contributed by atoms with E-state index in [0.29, 0.717) is 27.9 Å². The van der Waals surface area contributed by atoms with E-state index in [1.165, 1.54) is 19.3 Å². The van der Waals surface area contributed by atoms with Crippen LogP contribution in [0, 0.1) is 0 Å². The second-order valence-electron chi connectivity index (χ2n) is 4.85. The van der Waals surface area contributed by atoms with E-state index >= 15 is 0 Å². The number of aromatic nitrogens is 1. The topological polar surface area (TPSA) is 98.6 Å². The quantitative estimate of drug-likeness (QED) is 0.722. The Morgan fingerprint density at radius 1 is 1.26 bits per heavy atom. The minimum Gasteiger partial charge on any atom is -0.504 e. The molecule has 3 rings (SSSR count). The molecule has 3 N–H and O–H groups in total. The summed E-state index contributed by atoms with van der Waals surface area (Å²) in [5.74, 6) is 0.535. The number of anilines is 1. The Morgan fingerprint density at radius 2 is 2.09 bits per heavy atom. The molecule has 0 radical (unpaired) electrons. The Morgan fingerprint density at radius 3 is 2.83 bits per heavy atom. The molecule has 0 aliphatic heterocycles. The van der Waals surface area contributed by atoms with Crippen LogP contribution in [-0.4, -0.2) is 17.2 Å². The van der Waals surface area contributed by atoms with Crippen molar-refractivity contribution in [3.63, 3.8) is 0 Å². The van der Waals surface area contributed by atoms with Crippen molar-refractivity contribution in [3.05, 3.63) is 58.3 Å². The van der Waals surface area contributed by atoms with Crippen LogP contribution < -0.4 is 16.1 Å². The molecule has 0 atom stereocenters. The first-order valence-electron chi connectivity index (χ1n) is 6.83. The summed E-state index contributed by atoms with van der Waals surface area (Å²) in [4.78, 5) is 16.2. The van der Waals surface area contributed by atoms with Gasteiger partial charge in [-0.2, -0.15) is 0 Å². The van der Waals surface area contributed by atoms with Gasteiger partial charge in [0.1, 0.15) is 5.52 Å². The Balaban J connectivity index is 2.00. The van der Waals surface area contributed by atoms with Crippen molar-refractivity contribution in [1.29, 1.82) is 0 Å². The number of phenolic OH excluding ortho intramolecular Hbond substituents is 1. The minimum absolute atomic E-state index is 0.0202. The lowest BCUT2D eigenvalue weighted by Gasteiger charge is -2.03. The van der Waals surface area contributed by atoms with Gasteiger partial charge in [-0.25, -0.2) is 9.78 Å². The number of hydrogen-bond donors (Lipinski definition) is 2. The number of nitrogens with two attached hydrogens (primary N) is 1. The van der Waals surface area contributed by atoms with Gasteiger partial charge in [-0.1, -0.05) is 12.1 Å². The molecule has 3 aromatic rings. The standard InChI is InChI=1S/C17H14N2O4/c1-22-14-7-5-10(9-13(14)20)6-8-15-19-16-11(17(21)23-15)3-2-4-12(16)18/h2-9,20H,18H2,1H3/b8-6+. The summed E-state index contributed by atoms with van der Waals surface area (Å²) < 4.78 is 10.1. The maximum absolute atomic E-state index is 11.9. The molecule has 0 fully saturated rings. The number of phenols is 1. The minimum atomic E-state index is -0.500. The summed E-state index contributed by atoms with van der Waals surface area (Å²) in [5, 5.41) is 10.1. The number of aromatic hydroxyl groups is 1. The molecule has 0 saturated heterocycles. The molecular weight excluding hydrogens is 296 g/mol. The number of benzene rings is 2. The fraction of sp³-hybridized carbons (Fsp3) is 0.0588. The fourth-order valence-electron chi connectivity index (χ4n) is 2.18. The molecule has 2 aromatic carbocycles. The van der Waals surface area contributed by atoms with Crippen molar-refractivity contribution >= 4 is 28.7 Å². The second kappa shape index (κ2) is 5.84. The van der Waals surface area contributed by atoms with E-state index in [1.54, 1.807) is 36.4 Å². The zero-order valence-electron chi connectivity index (χ0n) is 12.3. The third-order valence-electron chi connectivity index (χ3n) is 3.33. The van der Waals surface area contributed by atoms with E-state index in [4.69, 9.17) is 14.9 Å². The van der Waals surface area contributed by atoms with Crippen LogP contribution in [0.4, 0.5) is 5.69 Å². The van der Waals surface area contributed by atoms with Gasteiger partial charge >= 0.3 is 5.63 Å². The van der Waals surface area contributed by atoms with E-state index in [9.17, 15) is 9.90 Å².